The Hall–Kier alpha value is -1.38. The highest BCUT2D eigenvalue weighted by Gasteiger charge is 2.31. The Balaban J connectivity index is 2.26. The summed E-state index contributed by atoms with van der Waals surface area (Å²) in [4.78, 5) is 11.1. The van der Waals surface area contributed by atoms with Crippen molar-refractivity contribution in [3.63, 3.8) is 0 Å². The molecule has 0 unspecified atom stereocenters. The molecule has 1 aromatic carbocycles. The van der Waals surface area contributed by atoms with Crippen molar-refractivity contribution in [3.05, 3.63) is 35.6 Å². The zero-order valence-corrected chi connectivity index (χ0v) is 9.03. The van der Waals surface area contributed by atoms with E-state index in [1.54, 1.807) is 6.07 Å². The molecule has 2 nitrogen and oxygen atoms in total. The number of rotatable bonds is 2. The minimum atomic E-state index is -0.756. The second-order valence-corrected chi connectivity index (χ2v) is 4.39. The number of carboxylic acids is 1. The highest BCUT2D eigenvalue weighted by atomic mass is 19.1. The van der Waals surface area contributed by atoms with E-state index in [1.165, 1.54) is 12.1 Å². The van der Waals surface area contributed by atoms with Gasteiger partial charge in [0.2, 0.25) is 0 Å². The van der Waals surface area contributed by atoms with Crippen molar-refractivity contribution in [3.8, 4) is 0 Å². The summed E-state index contributed by atoms with van der Waals surface area (Å²) in [6.45, 7) is 0. The molecule has 0 aliphatic heterocycles. The van der Waals surface area contributed by atoms with Crippen LogP contribution in [0.15, 0.2) is 24.3 Å². The summed E-state index contributed by atoms with van der Waals surface area (Å²) in [7, 11) is 0. The van der Waals surface area contributed by atoms with Gasteiger partial charge >= 0.3 is 5.97 Å². The van der Waals surface area contributed by atoms with Crippen molar-refractivity contribution in [2.45, 2.75) is 31.6 Å². The van der Waals surface area contributed by atoms with Crippen molar-refractivity contribution < 1.29 is 14.3 Å². The van der Waals surface area contributed by atoms with Crippen molar-refractivity contribution in [1.82, 2.24) is 0 Å². The van der Waals surface area contributed by atoms with Gasteiger partial charge in [-0.3, -0.25) is 4.79 Å². The van der Waals surface area contributed by atoms with Gasteiger partial charge in [0.05, 0.1) is 5.92 Å². The molecule has 0 heterocycles. The fourth-order valence-corrected chi connectivity index (χ4v) is 2.56. The highest BCUT2D eigenvalue weighted by molar-refractivity contribution is 5.71. The summed E-state index contributed by atoms with van der Waals surface area (Å²) in [6, 6.07) is 6.33. The zero-order valence-electron chi connectivity index (χ0n) is 9.03. The maximum absolute atomic E-state index is 13.1. The first-order chi connectivity index (χ1) is 7.68. The molecule has 1 saturated carbocycles. The van der Waals surface area contributed by atoms with E-state index >= 15 is 0 Å². The largest absolute Gasteiger partial charge is 0.481 e. The van der Waals surface area contributed by atoms with Crippen LogP contribution in [0, 0.1) is 11.7 Å². The van der Waals surface area contributed by atoms with Crippen LogP contribution in [0.1, 0.15) is 37.2 Å². The second-order valence-electron chi connectivity index (χ2n) is 4.39. The third-order valence-corrected chi connectivity index (χ3v) is 3.36. The fraction of sp³-hybridized carbons (Fsp3) is 0.462. The van der Waals surface area contributed by atoms with Crippen molar-refractivity contribution in [2.75, 3.05) is 0 Å². The van der Waals surface area contributed by atoms with Crippen molar-refractivity contribution in [2.24, 2.45) is 5.92 Å². The lowest BCUT2D eigenvalue weighted by atomic mass is 9.75. The van der Waals surface area contributed by atoms with E-state index in [0.717, 1.165) is 24.8 Å². The van der Waals surface area contributed by atoms with E-state index in [1.807, 2.05) is 6.07 Å². The third-order valence-electron chi connectivity index (χ3n) is 3.36. The number of halogens is 1. The van der Waals surface area contributed by atoms with Crippen LogP contribution in [0.5, 0.6) is 0 Å². The molecule has 0 spiro atoms. The summed E-state index contributed by atoms with van der Waals surface area (Å²) >= 11 is 0. The Morgan fingerprint density at radius 2 is 2.06 bits per heavy atom. The second kappa shape index (κ2) is 4.64. The lowest BCUT2D eigenvalue weighted by Gasteiger charge is -2.28. The minimum absolute atomic E-state index is 0.0260. The van der Waals surface area contributed by atoms with E-state index in [0.29, 0.717) is 6.42 Å². The maximum atomic E-state index is 13.1. The molecule has 1 aromatic rings. The molecular weight excluding hydrogens is 207 g/mol. The summed E-state index contributed by atoms with van der Waals surface area (Å²) in [6.07, 6.45) is 3.55. The quantitative estimate of drug-likeness (QED) is 0.834. The SMILES string of the molecule is O=C(O)[C@@H]1CCCC[C@@H]1c1cccc(F)c1. The van der Waals surface area contributed by atoms with Crippen LogP contribution in [0.3, 0.4) is 0 Å². The summed E-state index contributed by atoms with van der Waals surface area (Å²) < 4.78 is 13.1. The molecule has 0 saturated heterocycles. The van der Waals surface area contributed by atoms with Crippen LogP contribution in [-0.2, 0) is 4.79 Å². The molecule has 2 atom stereocenters. The van der Waals surface area contributed by atoms with Crippen LogP contribution in [0.2, 0.25) is 0 Å². The Morgan fingerprint density at radius 3 is 2.75 bits per heavy atom. The first kappa shape index (κ1) is 11.1. The Labute approximate surface area is 94.1 Å². The van der Waals surface area contributed by atoms with Crippen LogP contribution in [-0.4, -0.2) is 11.1 Å². The van der Waals surface area contributed by atoms with E-state index in [-0.39, 0.29) is 17.7 Å². The molecule has 0 radical (unpaired) electrons. The van der Waals surface area contributed by atoms with Crippen molar-refractivity contribution >= 4 is 5.97 Å². The van der Waals surface area contributed by atoms with Gasteiger partial charge in [0.25, 0.3) is 0 Å². The predicted molar refractivity (Wildman–Crippen MR) is 58.7 cm³/mol. The molecule has 1 fully saturated rings. The normalized spacial score (nSPS) is 25.3. The maximum Gasteiger partial charge on any atom is 0.307 e. The van der Waals surface area contributed by atoms with Gasteiger partial charge in [0, 0.05) is 0 Å². The smallest absolute Gasteiger partial charge is 0.307 e. The van der Waals surface area contributed by atoms with E-state index < -0.39 is 5.97 Å². The molecule has 2 rings (SSSR count). The number of carboxylic acid groups (broad SMARTS) is 1. The summed E-state index contributed by atoms with van der Waals surface area (Å²) in [5.74, 6) is -1.42. The van der Waals surface area contributed by atoms with Crippen LogP contribution in [0.25, 0.3) is 0 Å². The third kappa shape index (κ3) is 2.23. The van der Waals surface area contributed by atoms with Gasteiger partial charge < -0.3 is 5.11 Å². The lowest BCUT2D eigenvalue weighted by molar-refractivity contribution is -0.143. The first-order valence-corrected chi connectivity index (χ1v) is 5.67. The van der Waals surface area contributed by atoms with E-state index in [2.05, 4.69) is 0 Å². The Morgan fingerprint density at radius 1 is 1.31 bits per heavy atom. The molecular formula is C13H15FO2. The number of benzene rings is 1. The Kier molecular flexibility index (Phi) is 3.22. The molecule has 16 heavy (non-hydrogen) atoms. The molecule has 0 amide bonds. The predicted octanol–water partition coefficient (Wildman–Crippen LogP) is 3.18. The van der Waals surface area contributed by atoms with Gasteiger partial charge in [0.1, 0.15) is 5.82 Å². The van der Waals surface area contributed by atoms with Gasteiger partial charge in [0.15, 0.2) is 0 Å². The van der Waals surface area contributed by atoms with E-state index in [4.69, 9.17) is 5.11 Å². The standard InChI is InChI=1S/C13H15FO2/c14-10-5-3-4-9(8-10)11-6-1-2-7-12(11)13(15)16/h3-5,8,11-12H,1-2,6-7H2,(H,15,16)/t11-,12-/m1/s1. The topological polar surface area (TPSA) is 37.3 Å². The molecule has 3 heteroatoms. The van der Waals surface area contributed by atoms with Gasteiger partial charge in [-0.05, 0) is 36.5 Å². The molecule has 86 valence electrons. The van der Waals surface area contributed by atoms with Gasteiger partial charge in [-0.15, -0.1) is 0 Å². The van der Waals surface area contributed by atoms with Gasteiger partial charge in [-0.1, -0.05) is 25.0 Å². The zero-order chi connectivity index (χ0) is 11.5. The average Bonchev–Trinajstić information content (AvgIpc) is 2.29. The molecule has 1 N–H and O–H groups in total. The van der Waals surface area contributed by atoms with Crippen LogP contribution >= 0.6 is 0 Å². The van der Waals surface area contributed by atoms with Crippen LogP contribution in [0.4, 0.5) is 4.39 Å². The number of aliphatic carboxylic acids is 1. The first-order valence-electron chi connectivity index (χ1n) is 5.67. The van der Waals surface area contributed by atoms with E-state index in [9.17, 15) is 9.18 Å². The molecule has 1 aliphatic carbocycles. The number of hydrogen-bond donors (Lipinski definition) is 1. The fourth-order valence-electron chi connectivity index (χ4n) is 2.56. The summed E-state index contributed by atoms with van der Waals surface area (Å²) in [5, 5.41) is 9.15. The summed E-state index contributed by atoms with van der Waals surface area (Å²) in [5.41, 5.74) is 0.826. The van der Waals surface area contributed by atoms with Gasteiger partial charge in [-0.2, -0.15) is 0 Å². The molecule has 1 aliphatic rings. The van der Waals surface area contributed by atoms with Crippen molar-refractivity contribution in [1.29, 1.82) is 0 Å². The number of hydrogen-bond acceptors (Lipinski definition) is 1. The Bertz CT molecular complexity index is 389. The van der Waals surface area contributed by atoms with Gasteiger partial charge in [-0.25, -0.2) is 4.39 Å². The molecule has 0 aromatic heterocycles. The number of carbonyl (C=O) groups is 1. The molecule has 0 bridgehead atoms. The van der Waals surface area contributed by atoms with Crippen LogP contribution < -0.4 is 0 Å². The lowest BCUT2D eigenvalue weighted by Crippen LogP contribution is -2.25. The minimum Gasteiger partial charge on any atom is -0.481 e. The monoisotopic (exact) mass is 222 g/mol. The average molecular weight is 222 g/mol. The highest BCUT2D eigenvalue weighted by Crippen LogP contribution is 2.37.